The van der Waals surface area contributed by atoms with Crippen molar-refractivity contribution in [2.24, 2.45) is 0 Å². The van der Waals surface area contributed by atoms with E-state index in [0.29, 0.717) is 48.8 Å². The topological polar surface area (TPSA) is 117 Å². The molecule has 2 N–H and O–H groups in total. The lowest BCUT2D eigenvalue weighted by Crippen LogP contribution is -2.42. The SMILES string of the molecule is Cc1cc(Nc2cc(C(F)(F)F)ccn2)nc(-c2ccc(NC3CCN(C(=O)c4cccc(S(C)(=O)=O)c4)CC3)nc2)c1. The molecule has 5 rings (SSSR count). The highest BCUT2D eigenvalue weighted by Gasteiger charge is 2.31. The molecule has 3 aromatic heterocycles. The van der Waals surface area contributed by atoms with E-state index in [1.807, 2.05) is 25.1 Å². The van der Waals surface area contributed by atoms with Crippen molar-refractivity contribution in [3.8, 4) is 11.3 Å². The van der Waals surface area contributed by atoms with Crippen LogP contribution in [0.3, 0.4) is 0 Å². The average molecular weight is 611 g/mol. The van der Waals surface area contributed by atoms with Crippen molar-refractivity contribution in [3.63, 3.8) is 0 Å². The first-order valence-corrected chi connectivity index (χ1v) is 15.4. The monoisotopic (exact) mass is 610 g/mol. The number of nitrogens with one attached hydrogen (secondary N) is 2. The van der Waals surface area contributed by atoms with Gasteiger partial charge >= 0.3 is 6.18 Å². The molecule has 0 aliphatic carbocycles. The first-order valence-electron chi connectivity index (χ1n) is 13.5. The van der Waals surface area contributed by atoms with Crippen LogP contribution in [0, 0.1) is 6.92 Å². The number of aromatic nitrogens is 3. The summed E-state index contributed by atoms with van der Waals surface area (Å²) in [6.07, 6.45) is 0.790. The Balaban J connectivity index is 1.20. The predicted molar refractivity (Wildman–Crippen MR) is 157 cm³/mol. The van der Waals surface area contributed by atoms with Gasteiger partial charge in [0.2, 0.25) is 0 Å². The molecule has 0 unspecified atom stereocenters. The van der Waals surface area contributed by atoms with E-state index in [1.165, 1.54) is 12.1 Å². The van der Waals surface area contributed by atoms with Gasteiger partial charge in [0, 0.05) is 48.9 Å². The second kappa shape index (κ2) is 12.0. The first-order chi connectivity index (χ1) is 20.3. The number of sulfone groups is 1. The lowest BCUT2D eigenvalue weighted by Gasteiger charge is -2.32. The van der Waals surface area contributed by atoms with Gasteiger partial charge in [-0.15, -0.1) is 0 Å². The predicted octanol–water partition coefficient (Wildman–Crippen LogP) is 5.73. The Labute approximate surface area is 247 Å². The van der Waals surface area contributed by atoms with Crippen LogP contribution in [0.2, 0.25) is 0 Å². The van der Waals surface area contributed by atoms with Crippen molar-refractivity contribution in [3.05, 3.63) is 89.7 Å². The molecule has 1 amide bonds. The van der Waals surface area contributed by atoms with E-state index >= 15 is 0 Å². The summed E-state index contributed by atoms with van der Waals surface area (Å²) in [6.45, 7) is 2.89. The van der Waals surface area contributed by atoms with E-state index in [-0.39, 0.29) is 22.7 Å². The maximum absolute atomic E-state index is 13.1. The Hall–Kier alpha value is -4.52. The number of aryl methyl sites for hydroxylation is 1. The standard InChI is InChI=1S/C30H29F3N6O3S/c1-19-14-25(37-28(15-19)38-27-17-22(8-11-34-27)30(31,32)33)21-6-7-26(35-18-21)36-23-9-12-39(13-10-23)29(40)20-4-3-5-24(16-20)43(2,41)42/h3-8,11,14-18,23H,9-10,12-13H2,1-2H3,(H,35,36)(H,34,37,38). The van der Waals surface area contributed by atoms with Crippen molar-refractivity contribution in [2.75, 3.05) is 30.0 Å². The van der Waals surface area contributed by atoms with Gasteiger partial charge in [0.15, 0.2) is 9.84 Å². The summed E-state index contributed by atoms with van der Waals surface area (Å²) < 4.78 is 63.0. The van der Waals surface area contributed by atoms with E-state index < -0.39 is 21.6 Å². The van der Waals surface area contributed by atoms with Crippen molar-refractivity contribution < 1.29 is 26.4 Å². The number of carbonyl (C=O) groups excluding carboxylic acids is 1. The van der Waals surface area contributed by atoms with Crippen molar-refractivity contribution in [1.29, 1.82) is 0 Å². The number of amides is 1. The number of benzene rings is 1. The van der Waals surface area contributed by atoms with Crippen LogP contribution in [0.5, 0.6) is 0 Å². The van der Waals surface area contributed by atoms with Gasteiger partial charge in [0.1, 0.15) is 17.5 Å². The number of piperidine rings is 1. The molecular formula is C30H29F3N6O3S. The Morgan fingerprint density at radius 2 is 1.72 bits per heavy atom. The molecule has 1 aliphatic heterocycles. The summed E-state index contributed by atoms with van der Waals surface area (Å²) >= 11 is 0. The number of carbonyl (C=O) groups is 1. The molecule has 4 heterocycles. The quantitative estimate of drug-likeness (QED) is 0.273. The van der Waals surface area contributed by atoms with Crippen LogP contribution < -0.4 is 10.6 Å². The zero-order valence-corrected chi connectivity index (χ0v) is 24.2. The Morgan fingerprint density at radius 1 is 0.953 bits per heavy atom. The van der Waals surface area contributed by atoms with Gasteiger partial charge in [0.05, 0.1) is 16.2 Å². The summed E-state index contributed by atoms with van der Waals surface area (Å²) in [5, 5.41) is 6.25. The lowest BCUT2D eigenvalue weighted by atomic mass is 10.0. The fourth-order valence-electron chi connectivity index (χ4n) is 4.79. The minimum Gasteiger partial charge on any atom is -0.367 e. The van der Waals surface area contributed by atoms with Crippen LogP contribution in [-0.2, 0) is 16.0 Å². The van der Waals surface area contributed by atoms with Gasteiger partial charge in [-0.2, -0.15) is 13.2 Å². The van der Waals surface area contributed by atoms with Gasteiger partial charge in [-0.3, -0.25) is 4.79 Å². The second-order valence-corrected chi connectivity index (χ2v) is 12.4. The van der Waals surface area contributed by atoms with Crippen LogP contribution in [0.25, 0.3) is 11.3 Å². The molecule has 0 saturated carbocycles. The summed E-state index contributed by atoms with van der Waals surface area (Å²) in [4.78, 5) is 27.8. The maximum atomic E-state index is 13.1. The number of likely N-dealkylation sites (tertiary alicyclic amines) is 1. The zero-order valence-electron chi connectivity index (χ0n) is 23.4. The van der Waals surface area contributed by atoms with Crippen LogP contribution >= 0.6 is 0 Å². The van der Waals surface area contributed by atoms with Crippen molar-refractivity contribution >= 4 is 33.2 Å². The van der Waals surface area contributed by atoms with Crippen LogP contribution in [0.4, 0.5) is 30.6 Å². The smallest absolute Gasteiger partial charge is 0.367 e. The Kier molecular flexibility index (Phi) is 8.36. The number of hydrogen-bond donors (Lipinski definition) is 2. The molecule has 1 fully saturated rings. The summed E-state index contributed by atoms with van der Waals surface area (Å²) in [6, 6.07) is 15.3. The average Bonchev–Trinajstić information content (AvgIpc) is 2.97. The van der Waals surface area contributed by atoms with Gasteiger partial charge < -0.3 is 15.5 Å². The minimum absolute atomic E-state index is 0.0340. The molecule has 0 bridgehead atoms. The van der Waals surface area contributed by atoms with E-state index in [1.54, 1.807) is 29.3 Å². The third-order valence-corrected chi connectivity index (χ3v) is 8.13. The summed E-state index contributed by atoms with van der Waals surface area (Å²) in [5.41, 5.74) is 1.72. The molecule has 224 valence electrons. The number of rotatable bonds is 7. The fraction of sp³-hybridized carbons (Fsp3) is 0.267. The van der Waals surface area contributed by atoms with Gasteiger partial charge in [-0.05, 0) is 79.9 Å². The largest absolute Gasteiger partial charge is 0.416 e. The Morgan fingerprint density at radius 3 is 2.40 bits per heavy atom. The van der Waals surface area contributed by atoms with Gasteiger partial charge in [0.25, 0.3) is 5.91 Å². The molecule has 9 nitrogen and oxygen atoms in total. The number of halogens is 3. The molecule has 1 aromatic carbocycles. The molecule has 0 radical (unpaired) electrons. The molecular weight excluding hydrogens is 581 g/mol. The third-order valence-electron chi connectivity index (χ3n) is 7.02. The molecule has 0 spiro atoms. The molecule has 0 atom stereocenters. The van der Waals surface area contributed by atoms with Crippen LogP contribution in [-0.4, -0.2) is 59.6 Å². The van der Waals surface area contributed by atoms with Gasteiger partial charge in [-0.25, -0.2) is 23.4 Å². The number of nitrogens with zero attached hydrogens (tertiary/aromatic N) is 4. The number of alkyl halides is 3. The number of hydrogen-bond acceptors (Lipinski definition) is 8. The van der Waals surface area contributed by atoms with E-state index in [0.717, 1.165) is 35.7 Å². The second-order valence-electron chi connectivity index (χ2n) is 10.4. The van der Waals surface area contributed by atoms with E-state index in [4.69, 9.17) is 0 Å². The van der Waals surface area contributed by atoms with Crippen molar-refractivity contribution in [1.82, 2.24) is 19.9 Å². The molecule has 4 aromatic rings. The lowest BCUT2D eigenvalue weighted by molar-refractivity contribution is -0.137. The first kappa shape index (κ1) is 30.0. The highest BCUT2D eigenvalue weighted by atomic mass is 32.2. The normalized spacial score (nSPS) is 14.4. The minimum atomic E-state index is -4.48. The molecule has 13 heteroatoms. The van der Waals surface area contributed by atoms with E-state index in [2.05, 4.69) is 25.6 Å². The number of pyridine rings is 3. The van der Waals surface area contributed by atoms with Crippen LogP contribution in [0.15, 0.2) is 78.0 Å². The third kappa shape index (κ3) is 7.47. The molecule has 1 saturated heterocycles. The van der Waals surface area contributed by atoms with E-state index in [9.17, 15) is 26.4 Å². The van der Waals surface area contributed by atoms with Crippen molar-refractivity contribution in [2.45, 2.75) is 36.9 Å². The zero-order chi connectivity index (χ0) is 30.8. The highest BCUT2D eigenvalue weighted by molar-refractivity contribution is 7.90. The number of anilines is 3. The summed E-state index contributed by atoms with van der Waals surface area (Å²) in [5.74, 6) is 0.850. The Bertz CT molecular complexity index is 1740. The molecule has 1 aliphatic rings. The highest BCUT2D eigenvalue weighted by Crippen LogP contribution is 2.31. The maximum Gasteiger partial charge on any atom is 0.416 e. The molecule has 43 heavy (non-hydrogen) atoms. The van der Waals surface area contributed by atoms with Crippen LogP contribution in [0.1, 0.15) is 34.3 Å². The van der Waals surface area contributed by atoms with Gasteiger partial charge in [-0.1, -0.05) is 6.07 Å². The summed E-state index contributed by atoms with van der Waals surface area (Å²) in [7, 11) is -3.41. The fourth-order valence-corrected chi connectivity index (χ4v) is 5.46.